The lowest BCUT2D eigenvalue weighted by Gasteiger charge is -2.22. The van der Waals surface area contributed by atoms with E-state index in [2.05, 4.69) is 15.9 Å². The summed E-state index contributed by atoms with van der Waals surface area (Å²) in [6, 6.07) is 4.92. The zero-order chi connectivity index (χ0) is 14.0. The number of anilines is 1. The summed E-state index contributed by atoms with van der Waals surface area (Å²) in [6.45, 7) is 0.741. The highest BCUT2D eigenvalue weighted by molar-refractivity contribution is 9.10. The molecule has 19 heavy (non-hydrogen) atoms. The highest BCUT2D eigenvalue weighted by Gasteiger charge is 2.38. The second kappa shape index (κ2) is 5.78. The van der Waals surface area contributed by atoms with Crippen molar-refractivity contribution in [1.82, 2.24) is 4.31 Å². The number of hydrogen-bond acceptors (Lipinski definition) is 4. The molecule has 1 aromatic rings. The molecule has 2 rings (SSSR count). The molecule has 0 spiro atoms. The fraction of sp³-hybridized carbons (Fsp3) is 0.500. The number of nitrogens with zero attached hydrogens (tertiary/aromatic N) is 1. The van der Waals surface area contributed by atoms with Gasteiger partial charge in [0.25, 0.3) is 0 Å². The molecule has 0 heterocycles. The largest absolute Gasteiger partial charge is 0.398 e. The number of ether oxygens (including phenoxy) is 1. The normalized spacial score (nSPS) is 15.9. The van der Waals surface area contributed by atoms with Gasteiger partial charge in [-0.2, -0.15) is 4.31 Å². The van der Waals surface area contributed by atoms with E-state index in [-0.39, 0.29) is 16.6 Å². The van der Waals surface area contributed by atoms with E-state index >= 15 is 0 Å². The third-order valence-electron chi connectivity index (χ3n) is 3.03. The molecule has 1 aliphatic rings. The zero-order valence-electron chi connectivity index (χ0n) is 10.7. The molecule has 0 aliphatic heterocycles. The van der Waals surface area contributed by atoms with Crippen LogP contribution in [-0.4, -0.2) is 39.0 Å². The minimum atomic E-state index is -3.55. The van der Waals surface area contributed by atoms with E-state index in [0.717, 1.165) is 17.3 Å². The Bertz CT molecular complexity index is 558. The number of rotatable bonds is 6. The maximum atomic E-state index is 12.6. The summed E-state index contributed by atoms with van der Waals surface area (Å²) < 4.78 is 32.5. The van der Waals surface area contributed by atoms with Crippen molar-refractivity contribution in [2.24, 2.45) is 0 Å². The van der Waals surface area contributed by atoms with Crippen molar-refractivity contribution in [3.8, 4) is 0 Å². The van der Waals surface area contributed by atoms with Crippen molar-refractivity contribution in [3.63, 3.8) is 0 Å². The highest BCUT2D eigenvalue weighted by atomic mass is 79.9. The van der Waals surface area contributed by atoms with E-state index in [1.807, 2.05) is 0 Å². The first kappa shape index (κ1) is 14.8. The topological polar surface area (TPSA) is 72.6 Å². The van der Waals surface area contributed by atoms with E-state index in [1.54, 1.807) is 19.2 Å². The zero-order valence-corrected chi connectivity index (χ0v) is 13.1. The van der Waals surface area contributed by atoms with Crippen molar-refractivity contribution in [2.75, 3.05) is 26.0 Å². The van der Waals surface area contributed by atoms with Crippen molar-refractivity contribution in [1.29, 1.82) is 0 Å². The van der Waals surface area contributed by atoms with E-state index in [4.69, 9.17) is 10.5 Å². The molecule has 1 fully saturated rings. The fourth-order valence-corrected chi connectivity index (χ4v) is 4.07. The van der Waals surface area contributed by atoms with Crippen LogP contribution in [0.5, 0.6) is 0 Å². The van der Waals surface area contributed by atoms with Gasteiger partial charge in [0.1, 0.15) is 4.90 Å². The van der Waals surface area contributed by atoms with Crippen LogP contribution in [0.25, 0.3) is 0 Å². The Balaban J connectivity index is 2.33. The molecule has 7 heteroatoms. The maximum absolute atomic E-state index is 12.6. The Morgan fingerprint density at radius 1 is 1.47 bits per heavy atom. The van der Waals surface area contributed by atoms with Gasteiger partial charge in [-0.05, 0) is 31.0 Å². The summed E-state index contributed by atoms with van der Waals surface area (Å²) in [5, 5.41) is 0. The summed E-state index contributed by atoms with van der Waals surface area (Å²) in [5.74, 6) is 0. The molecule has 0 aromatic heterocycles. The van der Waals surface area contributed by atoms with Crippen molar-refractivity contribution in [3.05, 3.63) is 22.7 Å². The predicted octanol–water partition coefficient (Wildman–Crippen LogP) is 1.83. The van der Waals surface area contributed by atoms with Crippen LogP contribution in [0.4, 0.5) is 5.69 Å². The van der Waals surface area contributed by atoms with Crippen molar-refractivity contribution < 1.29 is 13.2 Å². The monoisotopic (exact) mass is 348 g/mol. The Hall–Kier alpha value is -0.630. The number of methoxy groups -OCH3 is 1. The Morgan fingerprint density at radius 3 is 2.68 bits per heavy atom. The van der Waals surface area contributed by atoms with Gasteiger partial charge in [-0.1, -0.05) is 15.9 Å². The van der Waals surface area contributed by atoms with E-state index < -0.39 is 10.0 Å². The summed E-state index contributed by atoms with van der Waals surface area (Å²) in [5.41, 5.74) is 6.09. The fourth-order valence-electron chi connectivity index (χ4n) is 1.92. The molecule has 0 atom stereocenters. The number of nitrogen functional groups attached to an aromatic ring is 1. The van der Waals surface area contributed by atoms with Gasteiger partial charge in [0.2, 0.25) is 10.0 Å². The molecular weight excluding hydrogens is 332 g/mol. The third-order valence-corrected chi connectivity index (χ3v) is 5.55. The maximum Gasteiger partial charge on any atom is 0.245 e. The SMILES string of the molecule is COCCN(C1CC1)S(=O)(=O)c1ccc(Br)cc1N. The van der Waals surface area contributed by atoms with Gasteiger partial charge in [-0.25, -0.2) is 8.42 Å². The van der Waals surface area contributed by atoms with Gasteiger partial charge < -0.3 is 10.5 Å². The lowest BCUT2D eigenvalue weighted by Crippen LogP contribution is -2.36. The van der Waals surface area contributed by atoms with Gasteiger partial charge in [0, 0.05) is 24.2 Å². The van der Waals surface area contributed by atoms with Crippen molar-refractivity contribution in [2.45, 2.75) is 23.8 Å². The lowest BCUT2D eigenvalue weighted by atomic mass is 10.3. The standard InChI is InChI=1S/C12H17BrN2O3S/c1-18-7-6-15(10-3-4-10)19(16,17)12-5-2-9(13)8-11(12)14/h2,5,8,10H,3-4,6-7,14H2,1H3. The first-order chi connectivity index (χ1) is 8.96. The molecule has 0 unspecified atom stereocenters. The smallest absolute Gasteiger partial charge is 0.245 e. The van der Waals surface area contributed by atoms with Gasteiger partial charge in [0.05, 0.1) is 12.3 Å². The number of nitrogens with two attached hydrogens (primary N) is 1. The average Bonchev–Trinajstić information content (AvgIpc) is 3.13. The summed E-state index contributed by atoms with van der Waals surface area (Å²) >= 11 is 3.27. The van der Waals surface area contributed by atoms with Gasteiger partial charge in [-0.3, -0.25) is 0 Å². The average molecular weight is 349 g/mol. The molecule has 1 aliphatic carbocycles. The number of sulfonamides is 1. The molecule has 2 N–H and O–H groups in total. The van der Waals surface area contributed by atoms with Crippen LogP contribution in [0.2, 0.25) is 0 Å². The molecule has 106 valence electrons. The van der Waals surface area contributed by atoms with Gasteiger partial charge in [0.15, 0.2) is 0 Å². The molecule has 5 nitrogen and oxygen atoms in total. The molecule has 0 amide bonds. The van der Waals surface area contributed by atoms with Crippen LogP contribution in [0, 0.1) is 0 Å². The minimum Gasteiger partial charge on any atom is -0.398 e. The van der Waals surface area contributed by atoms with Crippen LogP contribution >= 0.6 is 15.9 Å². The van der Waals surface area contributed by atoms with Crippen LogP contribution < -0.4 is 5.73 Å². The first-order valence-corrected chi connectivity index (χ1v) is 8.26. The van der Waals surface area contributed by atoms with Crippen molar-refractivity contribution >= 4 is 31.6 Å². The Kier molecular flexibility index (Phi) is 4.50. The Morgan fingerprint density at radius 2 is 2.16 bits per heavy atom. The molecule has 1 saturated carbocycles. The summed E-state index contributed by atoms with van der Waals surface area (Å²) in [4.78, 5) is 0.165. The molecule has 0 saturated heterocycles. The number of benzene rings is 1. The first-order valence-electron chi connectivity index (χ1n) is 6.02. The quantitative estimate of drug-likeness (QED) is 0.796. The third kappa shape index (κ3) is 3.28. The highest BCUT2D eigenvalue weighted by Crippen LogP contribution is 2.34. The van der Waals surface area contributed by atoms with Crippen LogP contribution in [-0.2, 0) is 14.8 Å². The van der Waals surface area contributed by atoms with Crippen LogP contribution in [0.1, 0.15) is 12.8 Å². The van der Waals surface area contributed by atoms with Crippen LogP contribution in [0.15, 0.2) is 27.6 Å². The molecule has 0 bridgehead atoms. The summed E-state index contributed by atoms with van der Waals surface area (Å²) in [7, 11) is -1.99. The van der Waals surface area contributed by atoms with E-state index in [9.17, 15) is 8.42 Å². The van der Waals surface area contributed by atoms with Gasteiger partial charge >= 0.3 is 0 Å². The molecule has 1 aromatic carbocycles. The van der Waals surface area contributed by atoms with E-state index in [1.165, 1.54) is 10.4 Å². The Labute approximate surface area is 121 Å². The van der Waals surface area contributed by atoms with Crippen LogP contribution in [0.3, 0.4) is 0 Å². The minimum absolute atomic E-state index is 0.0863. The van der Waals surface area contributed by atoms with E-state index in [0.29, 0.717) is 13.2 Å². The second-order valence-corrected chi connectivity index (χ2v) is 7.30. The lowest BCUT2D eigenvalue weighted by molar-refractivity contribution is 0.177. The number of hydrogen-bond donors (Lipinski definition) is 1. The second-order valence-electron chi connectivity index (χ2n) is 4.52. The number of halogens is 1. The molecular formula is C12H17BrN2O3S. The van der Waals surface area contributed by atoms with Gasteiger partial charge in [-0.15, -0.1) is 0 Å². The predicted molar refractivity (Wildman–Crippen MR) is 77.3 cm³/mol. The molecule has 0 radical (unpaired) electrons. The summed E-state index contributed by atoms with van der Waals surface area (Å²) in [6.07, 6.45) is 1.80.